The summed E-state index contributed by atoms with van der Waals surface area (Å²) in [5, 5.41) is 19.9. The van der Waals surface area contributed by atoms with Gasteiger partial charge < -0.3 is 32.1 Å². The zero-order valence-electron chi connectivity index (χ0n) is 24.0. The monoisotopic (exact) mass is 592 g/mol. The number of carbonyl (C=O) groups excluding carboxylic acids is 6. The molecule has 7 amide bonds. The molecule has 0 saturated carbocycles. The van der Waals surface area contributed by atoms with Gasteiger partial charge in [-0.1, -0.05) is 38.1 Å². The molecular weight excluding hydrogens is 556 g/mol. The van der Waals surface area contributed by atoms with E-state index in [1.165, 1.54) is 12.2 Å². The number of benzene rings is 2. The molecule has 228 valence electrons. The van der Waals surface area contributed by atoms with E-state index in [2.05, 4.69) is 21.3 Å². The number of rotatable bonds is 14. The number of imide groups is 1. The fraction of sp³-hybridized carbons (Fsp3) is 0.333. The highest BCUT2D eigenvalue weighted by Crippen LogP contribution is 2.20. The van der Waals surface area contributed by atoms with Crippen molar-refractivity contribution in [2.45, 2.75) is 51.8 Å². The number of carbonyl (C=O) groups is 6. The van der Waals surface area contributed by atoms with Gasteiger partial charge in [-0.15, -0.1) is 0 Å². The first-order valence-corrected chi connectivity index (χ1v) is 13.8. The van der Waals surface area contributed by atoms with Crippen LogP contribution in [0.1, 0.15) is 37.8 Å². The fourth-order valence-electron chi connectivity index (χ4n) is 4.33. The number of amides is 7. The molecule has 3 rings (SSSR count). The van der Waals surface area contributed by atoms with E-state index < -0.39 is 47.7 Å². The van der Waals surface area contributed by atoms with E-state index in [0.717, 1.165) is 4.90 Å². The van der Waals surface area contributed by atoms with Crippen molar-refractivity contribution < 1.29 is 33.9 Å². The lowest BCUT2D eigenvalue weighted by Gasteiger charge is -2.25. The number of nitrogens with one attached hydrogen (secondary N) is 4. The van der Waals surface area contributed by atoms with Crippen molar-refractivity contribution in [1.29, 1.82) is 0 Å². The van der Waals surface area contributed by atoms with E-state index in [0.29, 0.717) is 28.9 Å². The fourth-order valence-corrected chi connectivity index (χ4v) is 4.33. The molecule has 13 nitrogen and oxygen atoms in total. The Morgan fingerprint density at radius 1 is 0.860 bits per heavy atom. The first-order chi connectivity index (χ1) is 20.5. The van der Waals surface area contributed by atoms with Gasteiger partial charge in [0, 0.05) is 24.4 Å². The Morgan fingerprint density at radius 3 is 2.02 bits per heavy atom. The molecular formula is C30H36N6O7. The molecule has 1 aliphatic heterocycles. The summed E-state index contributed by atoms with van der Waals surface area (Å²) in [4.78, 5) is 75.2. The third-order valence-electron chi connectivity index (χ3n) is 6.64. The topological polar surface area (TPSA) is 200 Å². The predicted octanol–water partition coefficient (Wildman–Crippen LogP) is 0.864. The molecule has 7 N–H and O–H groups in total. The number of aliphatic hydroxyl groups is 1. The number of urea groups is 1. The number of nitrogens with zero attached hydrogens (tertiary/aromatic N) is 1. The van der Waals surface area contributed by atoms with Gasteiger partial charge in [-0.25, -0.2) is 9.69 Å². The summed E-state index contributed by atoms with van der Waals surface area (Å²) in [5.41, 5.74) is 7.22. The van der Waals surface area contributed by atoms with Gasteiger partial charge in [-0.2, -0.15) is 0 Å². The molecule has 2 aromatic carbocycles. The maximum Gasteiger partial charge on any atom is 0.312 e. The molecule has 43 heavy (non-hydrogen) atoms. The van der Waals surface area contributed by atoms with Gasteiger partial charge in [-0.05, 0) is 54.2 Å². The lowest BCUT2D eigenvalue weighted by Crippen LogP contribution is -2.54. The first-order valence-electron chi connectivity index (χ1n) is 13.8. The van der Waals surface area contributed by atoms with Gasteiger partial charge in [0.1, 0.15) is 12.1 Å². The summed E-state index contributed by atoms with van der Waals surface area (Å²) in [6.07, 6.45) is 2.81. The number of hydrogen-bond acceptors (Lipinski definition) is 7. The van der Waals surface area contributed by atoms with Crippen molar-refractivity contribution >= 4 is 46.9 Å². The number of nitrogens with two attached hydrogens (primary N) is 1. The quantitative estimate of drug-likeness (QED) is 0.138. The molecule has 0 aromatic heterocycles. The molecule has 2 aromatic rings. The number of primary amides is 1. The molecule has 0 bridgehead atoms. The van der Waals surface area contributed by atoms with Gasteiger partial charge in [0.05, 0.1) is 18.7 Å². The van der Waals surface area contributed by atoms with Crippen LogP contribution in [0.15, 0.2) is 60.7 Å². The molecule has 0 unspecified atom stereocenters. The van der Waals surface area contributed by atoms with Crippen molar-refractivity contribution in [3.63, 3.8) is 0 Å². The van der Waals surface area contributed by atoms with Crippen molar-refractivity contribution in [3.8, 4) is 0 Å². The Labute approximate surface area is 248 Å². The van der Waals surface area contributed by atoms with Crippen molar-refractivity contribution in [2.75, 3.05) is 16.8 Å². The summed E-state index contributed by atoms with van der Waals surface area (Å²) in [6.45, 7) is 3.56. The first kappa shape index (κ1) is 32.5. The molecule has 0 aliphatic carbocycles. The zero-order valence-corrected chi connectivity index (χ0v) is 24.0. The molecule has 0 radical (unpaired) electrons. The van der Waals surface area contributed by atoms with E-state index >= 15 is 0 Å². The average molecular weight is 593 g/mol. The second kappa shape index (κ2) is 15.3. The molecule has 1 aliphatic rings. The van der Waals surface area contributed by atoms with Crippen LogP contribution in [0.2, 0.25) is 0 Å². The van der Waals surface area contributed by atoms with Gasteiger partial charge in [0.2, 0.25) is 17.7 Å². The standard InChI is InChI=1S/C30H36N6O7/c1-18(2)27(35-24(38)16-19-7-11-22(12-8-19)36-25(39)13-14-26(36)40)29(42)34-23(4-3-15-32-30(31)43)28(41)33-21-9-5-20(17-37)6-10-21/h5-14,18,23,27,37H,3-4,15-17H2,1-2H3,(H,33,41)(H,34,42)(H,35,38)(H3,31,32,43)/t23-,27-/m0/s1. The second-order valence-electron chi connectivity index (χ2n) is 10.3. The number of hydrogen-bond donors (Lipinski definition) is 6. The van der Waals surface area contributed by atoms with Crippen LogP contribution in [0.3, 0.4) is 0 Å². The molecule has 0 spiro atoms. The van der Waals surface area contributed by atoms with Crippen LogP contribution in [-0.4, -0.2) is 59.3 Å². The highest BCUT2D eigenvalue weighted by Gasteiger charge is 2.29. The Kier molecular flexibility index (Phi) is 11.5. The SMILES string of the molecule is CC(C)[C@H](NC(=O)Cc1ccc(N2C(=O)C=CC2=O)cc1)C(=O)N[C@@H](CCCNC(N)=O)C(=O)Nc1ccc(CO)cc1. The Bertz CT molecular complexity index is 1350. The highest BCUT2D eigenvalue weighted by molar-refractivity contribution is 6.28. The van der Waals surface area contributed by atoms with Crippen LogP contribution < -0.4 is 31.9 Å². The lowest BCUT2D eigenvalue weighted by molar-refractivity contribution is -0.131. The lowest BCUT2D eigenvalue weighted by atomic mass is 10.0. The summed E-state index contributed by atoms with van der Waals surface area (Å²) in [6, 6.07) is 10.3. The molecule has 13 heteroatoms. The highest BCUT2D eigenvalue weighted by atomic mass is 16.3. The van der Waals surface area contributed by atoms with Crippen LogP contribution in [-0.2, 0) is 37.0 Å². The minimum absolute atomic E-state index is 0.0660. The Balaban J connectivity index is 1.64. The van der Waals surface area contributed by atoms with E-state index in [4.69, 9.17) is 5.73 Å². The van der Waals surface area contributed by atoms with Crippen molar-refractivity contribution in [2.24, 2.45) is 11.7 Å². The normalized spacial score (nSPS) is 13.9. The predicted molar refractivity (Wildman–Crippen MR) is 158 cm³/mol. The molecule has 1 heterocycles. The third kappa shape index (κ3) is 9.50. The third-order valence-corrected chi connectivity index (χ3v) is 6.64. The van der Waals surface area contributed by atoms with Crippen molar-refractivity contribution in [1.82, 2.24) is 16.0 Å². The van der Waals surface area contributed by atoms with Gasteiger partial charge in [0.15, 0.2) is 0 Å². The molecule has 0 fully saturated rings. The minimum Gasteiger partial charge on any atom is -0.392 e. The number of anilines is 2. The molecule has 0 saturated heterocycles. The zero-order chi connectivity index (χ0) is 31.5. The van der Waals surface area contributed by atoms with Gasteiger partial charge in [0.25, 0.3) is 11.8 Å². The summed E-state index contributed by atoms with van der Waals surface area (Å²) < 4.78 is 0. The Hall–Kier alpha value is -5.04. The maximum atomic E-state index is 13.3. The van der Waals surface area contributed by atoms with Gasteiger partial charge >= 0.3 is 6.03 Å². The smallest absolute Gasteiger partial charge is 0.312 e. The molecule has 2 atom stereocenters. The van der Waals surface area contributed by atoms with Gasteiger partial charge in [-0.3, -0.25) is 24.0 Å². The van der Waals surface area contributed by atoms with E-state index in [1.54, 1.807) is 62.4 Å². The average Bonchev–Trinajstić information content (AvgIpc) is 3.31. The van der Waals surface area contributed by atoms with E-state index in [1.807, 2.05) is 0 Å². The van der Waals surface area contributed by atoms with Crippen molar-refractivity contribution in [3.05, 3.63) is 71.8 Å². The maximum absolute atomic E-state index is 13.3. The summed E-state index contributed by atoms with van der Waals surface area (Å²) >= 11 is 0. The van der Waals surface area contributed by atoms with Crippen LogP contribution in [0.5, 0.6) is 0 Å². The second-order valence-corrected chi connectivity index (χ2v) is 10.3. The van der Waals surface area contributed by atoms with Crippen LogP contribution in [0, 0.1) is 5.92 Å². The van der Waals surface area contributed by atoms with Crippen LogP contribution >= 0.6 is 0 Å². The van der Waals surface area contributed by atoms with Crippen LogP contribution in [0.25, 0.3) is 0 Å². The minimum atomic E-state index is -0.990. The van der Waals surface area contributed by atoms with E-state index in [-0.39, 0.29) is 31.9 Å². The summed E-state index contributed by atoms with van der Waals surface area (Å²) in [5.74, 6) is -2.71. The Morgan fingerprint density at radius 2 is 1.47 bits per heavy atom. The van der Waals surface area contributed by atoms with E-state index in [9.17, 15) is 33.9 Å². The largest absolute Gasteiger partial charge is 0.392 e. The van der Waals surface area contributed by atoms with Crippen LogP contribution in [0.4, 0.5) is 16.2 Å². The summed E-state index contributed by atoms with van der Waals surface area (Å²) in [7, 11) is 0. The number of aliphatic hydroxyl groups excluding tert-OH is 1.